The third kappa shape index (κ3) is 4.39. The van der Waals surface area contributed by atoms with Gasteiger partial charge in [0, 0.05) is 48.7 Å². The summed E-state index contributed by atoms with van der Waals surface area (Å²) in [5, 5.41) is 15.4. The first-order valence-corrected chi connectivity index (χ1v) is 11.8. The number of piperidine rings is 1. The van der Waals surface area contributed by atoms with Crippen molar-refractivity contribution in [1.29, 1.82) is 0 Å². The maximum atomic E-state index is 4.96. The Balaban J connectivity index is 1.24. The second-order valence-corrected chi connectivity index (χ2v) is 8.95. The molecule has 8 heteroatoms. The summed E-state index contributed by atoms with van der Waals surface area (Å²) in [6, 6.07) is 12.7. The molecule has 2 fully saturated rings. The molecule has 1 saturated heterocycles. The van der Waals surface area contributed by atoms with Gasteiger partial charge in [-0.25, -0.2) is 15.0 Å². The third-order valence-corrected chi connectivity index (χ3v) is 6.42. The molecular weight excluding hydrogens is 412 g/mol. The highest BCUT2D eigenvalue weighted by Gasteiger charge is 2.28. The molecule has 168 valence electrons. The van der Waals surface area contributed by atoms with E-state index >= 15 is 0 Å². The molecule has 0 radical (unpaired) electrons. The topological polar surface area (TPSA) is 92.1 Å². The minimum atomic E-state index is 0.404. The van der Waals surface area contributed by atoms with E-state index in [1.807, 2.05) is 16.8 Å². The summed E-state index contributed by atoms with van der Waals surface area (Å²) in [7, 11) is 0. The zero-order valence-corrected chi connectivity index (χ0v) is 18.5. The highest BCUT2D eigenvalue weighted by molar-refractivity contribution is 5.62. The number of fused-ring (bicyclic) bond motifs is 1. The Morgan fingerprint density at radius 1 is 1.06 bits per heavy atom. The van der Waals surface area contributed by atoms with Crippen LogP contribution < -0.4 is 16.0 Å². The van der Waals surface area contributed by atoms with Crippen LogP contribution in [-0.2, 0) is 6.54 Å². The number of aromatic nitrogens is 5. The van der Waals surface area contributed by atoms with Crippen molar-refractivity contribution < 1.29 is 0 Å². The summed E-state index contributed by atoms with van der Waals surface area (Å²) in [4.78, 5) is 13.6. The van der Waals surface area contributed by atoms with E-state index in [1.54, 1.807) is 12.4 Å². The number of nitrogens with one attached hydrogen (secondary N) is 3. The van der Waals surface area contributed by atoms with Crippen LogP contribution in [0.15, 0.2) is 55.0 Å². The van der Waals surface area contributed by atoms with Gasteiger partial charge >= 0.3 is 0 Å². The highest BCUT2D eigenvalue weighted by Crippen LogP contribution is 2.42. The number of hydrogen-bond donors (Lipinski definition) is 3. The van der Waals surface area contributed by atoms with Crippen molar-refractivity contribution in [2.45, 2.75) is 44.2 Å². The van der Waals surface area contributed by atoms with E-state index in [1.165, 1.54) is 30.4 Å². The van der Waals surface area contributed by atoms with Gasteiger partial charge in [-0.3, -0.25) is 0 Å². The predicted molar refractivity (Wildman–Crippen MR) is 129 cm³/mol. The molecule has 0 unspecified atom stereocenters. The first kappa shape index (κ1) is 20.1. The first-order chi connectivity index (χ1) is 16.3. The molecule has 4 heterocycles. The zero-order valence-electron chi connectivity index (χ0n) is 18.5. The van der Waals surface area contributed by atoms with Crippen molar-refractivity contribution in [2.24, 2.45) is 0 Å². The minimum absolute atomic E-state index is 0.404. The van der Waals surface area contributed by atoms with Gasteiger partial charge in [-0.2, -0.15) is 9.61 Å². The van der Waals surface area contributed by atoms with Crippen LogP contribution >= 0.6 is 0 Å². The lowest BCUT2D eigenvalue weighted by atomic mass is 10.1. The second-order valence-electron chi connectivity index (χ2n) is 8.95. The van der Waals surface area contributed by atoms with Crippen molar-refractivity contribution in [3.63, 3.8) is 0 Å². The van der Waals surface area contributed by atoms with Gasteiger partial charge in [0.05, 0.1) is 6.20 Å². The third-order valence-electron chi connectivity index (χ3n) is 6.42. The average Bonchev–Trinajstić information content (AvgIpc) is 3.63. The molecule has 1 aliphatic heterocycles. The Morgan fingerprint density at radius 2 is 1.91 bits per heavy atom. The summed E-state index contributed by atoms with van der Waals surface area (Å²) in [6.45, 7) is 2.76. The molecule has 8 nitrogen and oxygen atoms in total. The van der Waals surface area contributed by atoms with Crippen LogP contribution in [0.25, 0.3) is 17.0 Å². The van der Waals surface area contributed by atoms with Crippen LogP contribution in [0.3, 0.4) is 0 Å². The molecule has 2 aliphatic rings. The van der Waals surface area contributed by atoms with E-state index in [9.17, 15) is 0 Å². The van der Waals surface area contributed by atoms with E-state index in [0.717, 1.165) is 48.2 Å². The van der Waals surface area contributed by atoms with Crippen molar-refractivity contribution >= 4 is 17.3 Å². The monoisotopic (exact) mass is 440 g/mol. The number of rotatable bonds is 7. The molecule has 0 amide bonds. The number of nitrogens with zero attached hydrogens (tertiary/aromatic N) is 5. The summed E-state index contributed by atoms with van der Waals surface area (Å²) >= 11 is 0. The number of anilines is 2. The van der Waals surface area contributed by atoms with E-state index in [-0.39, 0.29) is 0 Å². The molecule has 3 N–H and O–H groups in total. The van der Waals surface area contributed by atoms with Gasteiger partial charge in [-0.1, -0.05) is 24.3 Å². The average molecular weight is 441 g/mol. The normalized spacial score (nSPS) is 18.4. The molecule has 1 aliphatic carbocycles. The van der Waals surface area contributed by atoms with E-state index in [4.69, 9.17) is 4.98 Å². The van der Waals surface area contributed by atoms with Crippen LogP contribution in [0.2, 0.25) is 0 Å². The molecule has 1 aromatic carbocycles. The maximum absolute atomic E-state index is 4.96. The van der Waals surface area contributed by atoms with Crippen LogP contribution in [0.4, 0.5) is 11.6 Å². The van der Waals surface area contributed by atoms with Crippen LogP contribution in [0.1, 0.15) is 42.7 Å². The zero-order chi connectivity index (χ0) is 22.0. The SMILES string of the molecule is c1cnc(-c2ccc(CNc3cc(N[C@H]4CCCNC4)nc4c(C5CC5)cnn34)cc2)nc1. The lowest BCUT2D eigenvalue weighted by Gasteiger charge is -2.24. The fraction of sp³-hybridized carbons (Fsp3) is 0.360. The van der Waals surface area contributed by atoms with Gasteiger partial charge in [0.2, 0.25) is 0 Å². The fourth-order valence-electron chi connectivity index (χ4n) is 4.46. The Hall–Kier alpha value is -3.52. The number of benzene rings is 1. The van der Waals surface area contributed by atoms with E-state index < -0.39 is 0 Å². The van der Waals surface area contributed by atoms with Gasteiger partial charge in [-0.05, 0) is 49.8 Å². The smallest absolute Gasteiger partial charge is 0.163 e. The number of hydrogen-bond acceptors (Lipinski definition) is 7. The first-order valence-electron chi connectivity index (χ1n) is 11.8. The van der Waals surface area contributed by atoms with Gasteiger partial charge in [-0.15, -0.1) is 0 Å². The molecule has 3 aromatic heterocycles. The van der Waals surface area contributed by atoms with Gasteiger partial charge in [0.1, 0.15) is 11.6 Å². The molecule has 4 aromatic rings. The standard InChI is InChI=1S/C25H28N8/c1-3-20(15-26-10-1)31-22-13-23(33-25(32-22)21(16-30-33)18-8-9-18)29-14-17-4-6-19(7-5-17)24-27-11-2-12-28-24/h2,4-7,11-13,16,18,20,26,29H,1,3,8-10,14-15H2,(H,31,32)/t20-/m0/s1. The molecule has 1 atom stereocenters. The lowest BCUT2D eigenvalue weighted by molar-refractivity contribution is 0.479. The van der Waals surface area contributed by atoms with Crippen molar-refractivity contribution in [3.05, 3.63) is 66.1 Å². The molecular formula is C25H28N8. The van der Waals surface area contributed by atoms with Crippen LogP contribution in [0, 0.1) is 0 Å². The van der Waals surface area contributed by atoms with Gasteiger partial charge in [0.25, 0.3) is 0 Å². The molecule has 0 bridgehead atoms. The van der Waals surface area contributed by atoms with E-state index in [0.29, 0.717) is 18.5 Å². The predicted octanol–water partition coefficient (Wildman–Crippen LogP) is 3.84. The summed E-state index contributed by atoms with van der Waals surface area (Å²) in [6.07, 6.45) is 10.3. The quantitative estimate of drug-likeness (QED) is 0.402. The Morgan fingerprint density at radius 3 is 2.67 bits per heavy atom. The molecule has 0 spiro atoms. The van der Waals surface area contributed by atoms with Crippen molar-refractivity contribution in [3.8, 4) is 11.4 Å². The van der Waals surface area contributed by atoms with Gasteiger partial charge < -0.3 is 16.0 Å². The minimum Gasteiger partial charge on any atom is -0.366 e. The Kier molecular flexibility index (Phi) is 5.35. The molecule has 1 saturated carbocycles. The largest absolute Gasteiger partial charge is 0.366 e. The fourth-order valence-corrected chi connectivity index (χ4v) is 4.46. The lowest BCUT2D eigenvalue weighted by Crippen LogP contribution is -2.38. The van der Waals surface area contributed by atoms with Crippen molar-refractivity contribution in [2.75, 3.05) is 23.7 Å². The van der Waals surface area contributed by atoms with Crippen molar-refractivity contribution in [1.82, 2.24) is 29.9 Å². The maximum Gasteiger partial charge on any atom is 0.163 e. The van der Waals surface area contributed by atoms with Gasteiger partial charge in [0.15, 0.2) is 11.5 Å². The van der Waals surface area contributed by atoms with Crippen LogP contribution in [-0.4, -0.2) is 43.7 Å². The highest BCUT2D eigenvalue weighted by atomic mass is 15.3. The summed E-state index contributed by atoms with van der Waals surface area (Å²) in [5.74, 6) is 3.21. The molecule has 33 heavy (non-hydrogen) atoms. The Bertz CT molecular complexity index is 1220. The second kappa shape index (κ2) is 8.78. The summed E-state index contributed by atoms with van der Waals surface area (Å²) in [5.41, 5.74) is 4.42. The van der Waals surface area contributed by atoms with Crippen LogP contribution in [0.5, 0.6) is 0 Å². The summed E-state index contributed by atoms with van der Waals surface area (Å²) < 4.78 is 1.95. The Labute approximate surface area is 192 Å². The molecule has 6 rings (SSSR count). The van der Waals surface area contributed by atoms with E-state index in [2.05, 4.69) is 61.3 Å².